The van der Waals surface area contributed by atoms with Crippen LogP contribution in [0, 0.1) is 0 Å². The molecule has 2 rings (SSSR count). The summed E-state index contributed by atoms with van der Waals surface area (Å²) in [5.74, 6) is 0. The molecule has 4 heteroatoms. The van der Waals surface area contributed by atoms with Gasteiger partial charge in [0.1, 0.15) is 0 Å². The van der Waals surface area contributed by atoms with Gasteiger partial charge >= 0.3 is 125 Å². The van der Waals surface area contributed by atoms with Crippen LogP contribution in [0.4, 0.5) is 4.79 Å². The number of carbonyl (C=O) groups is 1. The van der Waals surface area contributed by atoms with Gasteiger partial charge in [-0.25, -0.2) is 0 Å². The third-order valence-corrected chi connectivity index (χ3v) is 4.74. The number of benzene rings is 1. The summed E-state index contributed by atoms with van der Waals surface area (Å²) in [6, 6.07) is 10.6. The van der Waals surface area contributed by atoms with Gasteiger partial charge in [0.15, 0.2) is 0 Å². The molecule has 3 nitrogen and oxygen atoms in total. The predicted octanol–water partition coefficient (Wildman–Crippen LogP) is 2.74. The summed E-state index contributed by atoms with van der Waals surface area (Å²) in [7, 11) is 1.88. The first-order valence-corrected chi connectivity index (χ1v) is 7.82. The van der Waals surface area contributed by atoms with E-state index in [9.17, 15) is 4.79 Å². The maximum atomic E-state index is 12.4. The Morgan fingerprint density at radius 2 is 1.95 bits per heavy atom. The van der Waals surface area contributed by atoms with Crippen molar-refractivity contribution in [3.05, 3.63) is 48.0 Å². The number of urea groups is 1. The van der Waals surface area contributed by atoms with E-state index in [0.717, 1.165) is 4.02 Å². The Bertz CT molecular complexity index is 512. The number of nitrogens with zero attached hydrogens (tertiary/aromatic N) is 2. The van der Waals surface area contributed by atoms with Gasteiger partial charge in [-0.2, -0.15) is 0 Å². The number of likely N-dealkylation sites (N-methyl/N-ethyl adjacent to an activating group) is 1. The number of amides is 2. The Labute approximate surface area is 125 Å². The van der Waals surface area contributed by atoms with Crippen LogP contribution in [-0.2, 0) is 19.4 Å². The number of carbonyl (C=O) groups excluding carboxylic acids is 1. The van der Waals surface area contributed by atoms with E-state index < -0.39 is 0 Å². The quantitative estimate of drug-likeness (QED) is 0.730. The molecule has 1 fully saturated rings. The van der Waals surface area contributed by atoms with Crippen LogP contribution in [-0.4, -0.2) is 32.9 Å². The molecule has 0 unspecified atom stereocenters. The standard InChI is InChI=1S/C15H18N2O.W/c1-4-5-11-17-14(12(2)16(3)15(17)18)13-9-7-6-8-10-13;/h4-10,12,14H,1-3H3;/b5-4+;/t12-,14-;/m0./s1. The monoisotopic (exact) mass is 426 g/mol. The SMILES string of the molecule is C/C=C/[C](=[W])N1C(=O)N(C)[C@@H](C)[C@H]1c1ccccc1. The van der Waals surface area contributed by atoms with Crippen LogP contribution in [0.15, 0.2) is 42.5 Å². The van der Waals surface area contributed by atoms with Gasteiger partial charge in [-0.3, -0.25) is 0 Å². The summed E-state index contributed by atoms with van der Waals surface area (Å²) in [5.41, 5.74) is 1.19. The molecule has 0 aliphatic carbocycles. The molecule has 2 atom stereocenters. The third kappa shape index (κ3) is 2.57. The summed E-state index contributed by atoms with van der Waals surface area (Å²) in [4.78, 5) is 16.2. The fraction of sp³-hybridized carbons (Fsp3) is 0.333. The van der Waals surface area contributed by atoms with Gasteiger partial charge in [-0.1, -0.05) is 0 Å². The van der Waals surface area contributed by atoms with Crippen LogP contribution < -0.4 is 0 Å². The van der Waals surface area contributed by atoms with Crippen LogP contribution >= 0.6 is 0 Å². The Morgan fingerprint density at radius 1 is 1.32 bits per heavy atom. The van der Waals surface area contributed by atoms with E-state index in [1.807, 2.05) is 54.1 Å². The van der Waals surface area contributed by atoms with Gasteiger partial charge in [-0.15, -0.1) is 0 Å². The molecule has 0 aromatic heterocycles. The number of hydrogen-bond acceptors (Lipinski definition) is 1. The van der Waals surface area contributed by atoms with Crippen molar-refractivity contribution in [2.75, 3.05) is 7.05 Å². The summed E-state index contributed by atoms with van der Waals surface area (Å²) in [6.45, 7) is 4.09. The Kier molecular flexibility index (Phi) is 4.36. The zero-order valence-electron chi connectivity index (χ0n) is 11.4. The zero-order chi connectivity index (χ0) is 14.0. The van der Waals surface area contributed by atoms with E-state index in [2.05, 4.69) is 19.1 Å². The van der Waals surface area contributed by atoms with Gasteiger partial charge in [0.25, 0.3) is 0 Å². The molecule has 1 aromatic rings. The van der Waals surface area contributed by atoms with E-state index >= 15 is 0 Å². The van der Waals surface area contributed by atoms with E-state index in [1.165, 1.54) is 24.9 Å². The van der Waals surface area contributed by atoms with Crippen molar-refractivity contribution in [1.82, 2.24) is 9.80 Å². The third-order valence-electron chi connectivity index (χ3n) is 3.54. The second-order valence-corrected chi connectivity index (χ2v) is 6.20. The van der Waals surface area contributed by atoms with Gasteiger partial charge in [0.05, 0.1) is 0 Å². The molecule has 0 spiro atoms. The minimum absolute atomic E-state index is 0.0875. The van der Waals surface area contributed by atoms with Gasteiger partial charge in [0, 0.05) is 0 Å². The average Bonchev–Trinajstić information content (AvgIpc) is 2.64. The predicted molar refractivity (Wildman–Crippen MR) is 73.5 cm³/mol. The van der Waals surface area contributed by atoms with Crippen molar-refractivity contribution < 1.29 is 24.1 Å². The first-order valence-electron chi connectivity index (χ1n) is 6.35. The molecule has 0 saturated carbocycles. The van der Waals surface area contributed by atoms with Crippen LogP contribution in [0.2, 0.25) is 0 Å². The van der Waals surface area contributed by atoms with E-state index in [1.54, 1.807) is 0 Å². The van der Waals surface area contributed by atoms with E-state index in [4.69, 9.17) is 0 Å². The number of allylic oxidation sites excluding steroid dienone is 1. The molecule has 0 N–H and O–H groups in total. The molecule has 2 amide bonds. The van der Waals surface area contributed by atoms with Gasteiger partial charge in [0.2, 0.25) is 0 Å². The first-order chi connectivity index (χ1) is 9.07. The Balaban J connectivity index is 2.43. The molecule has 19 heavy (non-hydrogen) atoms. The topological polar surface area (TPSA) is 23.6 Å². The molecule has 1 saturated heterocycles. The van der Waals surface area contributed by atoms with Crippen molar-refractivity contribution in [1.29, 1.82) is 0 Å². The minimum atomic E-state index is 0.0875. The van der Waals surface area contributed by atoms with Gasteiger partial charge in [-0.05, 0) is 0 Å². The van der Waals surface area contributed by atoms with Crippen LogP contribution in [0.1, 0.15) is 25.5 Å². The van der Waals surface area contributed by atoms with Crippen molar-refractivity contribution in [3.8, 4) is 0 Å². The second kappa shape index (κ2) is 5.83. The van der Waals surface area contributed by atoms with Crippen molar-refractivity contribution in [2.45, 2.75) is 25.9 Å². The summed E-state index contributed by atoms with van der Waals surface area (Å²) < 4.78 is 1.07. The fourth-order valence-corrected chi connectivity index (χ4v) is 3.60. The fourth-order valence-electron chi connectivity index (χ4n) is 2.42. The first kappa shape index (κ1) is 14.2. The molecule has 1 heterocycles. The molecular formula is C15H18N2OW. The number of hydrogen-bond donors (Lipinski definition) is 0. The summed E-state index contributed by atoms with van der Waals surface area (Å²) in [6.07, 6.45) is 4.01. The van der Waals surface area contributed by atoms with E-state index in [-0.39, 0.29) is 18.1 Å². The summed E-state index contributed by atoms with van der Waals surface area (Å²) in [5, 5.41) is 0. The van der Waals surface area contributed by atoms with Crippen molar-refractivity contribution in [2.24, 2.45) is 0 Å². The molecule has 1 aromatic carbocycles. The van der Waals surface area contributed by atoms with Crippen molar-refractivity contribution in [3.63, 3.8) is 0 Å². The van der Waals surface area contributed by atoms with Gasteiger partial charge < -0.3 is 0 Å². The van der Waals surface area contributed by atoms with Crippen LogP contribution in [0.3, 0.4) is 0 Å². The normalized spacial score (nSPS) is 23.4. The Morgan fingerprint density at radius 3 is 2.53 bits per heavy atom. The van der Waals surface area contributed by atoms with Crippen molar-refractivity contribution >= 4 is 10.1 Å². The van der Waals surface area contributed by atoms with E-state index in [0.29, 0.717) is 0 Å². The average molecular weight is 426 g/mol. The molecule has 0 bridgehead atoms. The Hall–Kier alpha value is -1.21. The number of rotatable bonds is 3. The molecular weight excluding hydrogens is 408 g/mol. The van der Waals surface area contributed by atoms with Crippen LogP contribution in [0.5, 0.6) is 0 Å². The van der Waals surface area contributed by atoms with Crippen LogP contribution in [0.25, 0.3) is 0 Å². The molecule has 1 aliphatic rings. The zero-order valence-corrected chi connectivity index (χ0v) is 14.3. The summed E-state index contributed by atoms with van der Waals surface area (Å²) >= 11 is 1.31. The molecule has 100 valence electrons. The molecule has 1 aliphatic heterocycles. The molecule has 0 radical (unpaired) electrons. The maximum absolute atomic E-state index is 12.4. The second-order valence-electron chi connectivity index (χ2n) is 4.70.